The molecule has 0 aliphatic carbocycles. The van der Waals surface area contributed by atoms with E-state index in [1.165, 1.54) is 0 Å². The highest BCUT2D eigenvalue weighted by molar-refractivity contribution is 5.49. The quantitative estimate of drug-likeness (QED) is 0.898. The van der Waals surface area contributed by atoms with Gasteiger partial charge in [0, 0.05) is 6.07 Å². The van der Waals surface area contributed by atoms with Crippen molar-refractivity contribution >= 4 is 5.69 Å². The molecule has 1 unspecified atom stereocenters. The van der Waals surface area contributed by atoms with Crippen LogP contribution in [0.5, 0.6) is 11.8 Å². The highest BCUT2D eigenvalue weighted by atomic mass is 16.5. The van der Waals surface area contributed by atoms with Gasteiger partial charge >= 0.3 is 0 Å². The molecule has 1 aromatic carbocycles. The number of anilines is 1. The number of ether oxygens (including phenoxy) is 2. The molecule has 2 rings (SSSR count). The first-order valence-corrected chi connectivity index (χ1v) is 5.73. The minimum atomic E-state index is -0.117. The number of benzene rings is 1. The number of hydrogen-bond acceptors (Lipinski definition) is 4. The minimum Gasteiger partial charge on any atom is -0.481 e. The van der Waals surface area contributed by atoms with Crippen molar-refractivity contribution in [1.82, 2.24) is 4.98 Å². The number of rotatable bonds is 4. The second-order valence-electron chi connectivity index (χ2n) is 3.92. The Morgan fingerprint density at radius 1 is 1.11 bits per heavy atom. The molecule has 4 heteroatoms. The lowest BCUT2D eigenvalue weighted by Gasteiger charge is -2.15. The lowest BCUT2D eigenvalue weighted by atomic mass is 10.1. The van der Waals surface area contributed by atoms with Crippen LogP contribution in [-0.2, 0) is 0 Å². The average molecular weight is 244 g/mol. The van der Waals surface area contributed by atoms with E-state index in [9.17, 15) is 0 Å². The van der Waals surface area contributed by atoms with Crippen LogP contribution in [0, 0.1) is 0 Å². The van der Waals surface area contributed by atoms with E-state index in [0.717, 1.165) is 5.56 Å². The van der Waals surface area contributed by atoms with Gasteiger partial charge in [-0.15, -0.1) is 0 Å². The van der Waals surface area contributed by atoms with Crippen molar-refractivity contribution in [2.24, 2.45) is 0 Å². The molecule has 1 aromatic heterocycles. The minimum absolute atomic E-state index is 0.117. The summed E-state index contributed by atoms with van der Waals surface area (Å²) in [5, 5.41) is 0. The van der Waals surface area contributed by atoms with Crippen molar-refractivity contribution in [3.05, 3.63) is 48.0 Å². The second-order valence-corrected chi connectivity index (χ2v) is 3.92. The summed E-state index contributed by atoms with van der Waals surface area (Å²) >= 11 is 0. The van der Waals surface area contributed by atoms with Crippen LogP contribution < -0.4 is 15.2 Å². The van der Waals surface area contributed by atoms with Crippen molar-refractivity contribution in [3.8, 4) is 11.8 Å². The largest absolute Gasteiger partial charge is 0.481 e. The molecule has 0 aliphatic rings. The highest BCUT2D eigenvalue weighted by Gasteiger charge is 2.11. The predicted molar refractivity (Wildman–Crippen MR) is 70.7 cm³/mol. The summed E-state index contributed by atoms with van der Waals surface area (Å²) in [5.74, 6) is 0.880. The zero-order valence-electron chi connectivity index (χ0n) is 10.5. The third kappa shape index (κ3) is 2.71. The molecule has 94 valence electrons. The molecule has 0 amide bonds. The second kappa shape index (κ2) is 5.40. The smallest absolute Gasteiger partial charge is 0.241 e. The van der Waals surface area contributed by atoms with Crippen molar-refractivity contribution in [1.29, 1.82) is 0 Å². The van der Waals surface area contributed by atoms with Gasteiger partial charge in [-0.25, -0.2) is 0 Å². The van der Waals surface area contributed by atoms with Crippen LogP contribution in [0.1, 0.15) is 18.6 Å². The van der Waals surface area contributed by atoms with Gasteiger partial charge in [-0.3, -0.25) is 0 Å². The predicted octanol–water partition coefficient (Wildman–Crippen LogP) is 2.81. The van der Waals surface area contributed by atoms with Crippen LogP contribution in [0.4, 0.5) is 5.69 Å². The van der Waals surface area contributed by atoms with Crippen LogP contribution in [0.15, 0.2) is 42.5 Å². The molecule has 0 bridgehead atoms. The molecule has 0 aliphatic heterocycles. The first kappa shape index (κ1) is 12.2. The lowest BCUT2D eigenvalue weighted by molar-refractivity contribution is 0.216. The number of hydrogen-bond donors (Lipinski definition) is 1. The van der Waals surface area contributed by atoms with E-state index in [2.05, 4.69) is 4.98 Å². The summed E-state index contributed by atoms with van der Waals surface area (Å²) in [7, 11) is 1.56. The van der Waals surface area contributed by atoms with E-state index < -0.39 is 0 Å². The highest BCUT2D eigenvalue weighted by Crippen LogP contribution is 2.27. The Morgan fingerprint density at radius 2 is 1.83 bits per heavy atom. The first-order valence-electron chi connectivity index (χ1n) is 5.73. The van der Waals surface area contributed by atoms with E-state index in [0.29, 0.717) is 17.4 Å². The molecule has 1 atom stereocenters. The van der Waals surface area contributed by atoms with Crippen LogP contribution in [0.3, 0.4) is 0 Å². The maximum absolute atomic E-state index is 5.83. The molecule has 0 radical (unpaired) electrons. The average Bonchev–Trinajstić information content (AvgIpc) is 2.42. The van der Waals surface area contributed by atoms with Crippen LogP contribution in [0.2, 0.25) is 0 Å². The van der Waals surface area contributed by atoms with Gasteiger partial charge < -0.3 is 15.2 Å². The van der Waals surface area contributed by atoms with E-state index in [1.807, 2.05) is 37.3 Å². The van der Waals surface area contributed by atoms with Crippen LogP contribution >= 0.6 is 0 Å². The van der Waals surface area contributed by atoms with Gasteiger partial charge in [-0.2, -0.15) is 4.98 Å². The molecule has 2 N–H and O–H groups in total. The molecule has 0 spiro atoms. The molecule has 1 heterocycles. The Labute approximate surface area is 106 Å². The van der Waals surface area contributed by atoms with Crippen molar-refractivity contribution < 1.29 is 9.47 Å². The van der Waals surface area contributed by atoms with Crippen molar-refractivity contribution in [2.45, 2.75) is 13.0 Å². The third-order valence-corrected chi connectivity index (χ3v) is 2.63. The molecule has 0 saturated heterocycles. The molecule has 18 heavy (non-hydrogen) atoms. The Balaban J connectivity index is 2.18. The summed E-state index contributed by atoms with van der Waals surface area (Å²) in [6.07, 6.45) is -0.117. The zero-order valence-corrected chi connectivity index (χ0v) is 10.5. The number of nitrogen functional groups attached to an aromatic ring is 1. The number of nitrogens with zero attached hydrogens (tertiary/aromatic N) is 1. The number of pyridine rings is 1. The van der Waals surface area contributed by atoms with Crippen LogP contribution in [-0.4, -0.2) is 12.1 Å². The maximum Gasteiger partial charge on any atom is 0.241 e. The van der Waals surface area contributed by atoms with E-state index >= 15 is 0 Å². The zero-order chi connectivity index (χ0) is 13.0. The number of methoxy groups -OCH3 is 1. The van der Waals surface area contributed by atoms with Gasteiger partial charge in [0.05, 0.1) is 12.8 Å². The summed E-state index contributed by atoms with van der Waals surface area (Å²) in [6, 6.07) is 13.3. The number of nitrogens with two attached hydrogens (primary N) is 1. The standard InChI is InChI=1S/C14H16N2O2/c1-10(11-6-4-3-5-7-11)18-14-12(15)8-9-13(16-14)17-2/h3-10H,15H2,1-2H3. The molecule has 0 fully saturated rings. The van der Waals surface area contributed by atoms with Gasteiger partial charge in [-0.1, -0.05) is 30.3 Å². The van der Waals surface area contributed by atoms with Gasteiger partial charge in [0.15, 0.2) is 0 Å². The fraction of sp³-hybridized carbons (Fsp3) is 0.214. The lowest BCUT2D eigenvalue weighted by Crippen LogP contribution is -2.06. The van der Waals surface area contributed by atoms with Crippen LogP contribution in [0.25, 0.3) is 0 Å². The van der Waals surface area contributed by atoms with Gasteiger partial charge in [-0.05, 0) is 18.6 Å². The molecule has 2 aromatic rings. The first-order chi connectivity index (χ1) is 8.70. The van der Waals surface area contributed by atoms with E-state index in [4.69, 9.17) is 15.2 Å². The number of aromatic nitrogens is 1. The Morgan fingerprint density at radius 3 is 2.50 bits per heavy atom. The van der Waals surface area contributed by atoms with E-state index in [-0.39, 0.29) is 6.10 Å². The summed E-state index contributed by atoms with van der Waals surface area (Å²) in [6.45, 7) is 1.95. The van der Waals surface area contributed by atoms with E-state index in [1.54, 1.807) is 19.2 Å². The Hall–Kier alpha value is -2.23. The monoisotopic (exact) mass is 244 g/mol. The summed E-state index contributed by atoms with van der Waals surface area (Å²) in [5.41, 5.74) is 7.40. The summed E-state index contributed by atoms with van der Waals surface area (Å²) < 4.78 is 10.8. The Bertz CT molecular complexity index is 514. The molecule has 0 saturated carbocycles. The third-order valence-electron chi connectivity index (χ3n) is 2.63. The van der Waals surface area contributed by atoms with Gasteiger partial charge in [0.1, 0.15) is 6.10 Å². The fourth-order valence-electron chi connectivity index (χ4n) is 1.60. The van der Waals surface area contributed by atoms with Crippen molar-refractivity contribution in [2.75, 3.05) is 12.8 Å². The van der Waals surface area contributed by atoms with Gasteiger partial charge in [0.25, 0.3) is 0 Å². The SMILES string of the molecule is COc1ccc(N)c(OC(C)c2ccccc2)n1. The summed E-state index contributed by atoms with van der Waals surface area (Å²) in [4.78, 5) is 4.19. The van der Waals surface area contributed by atoms with Gasteiger partial charge in [0.2, 0.25) is 11.8 Å². The molecular weight excluding hydrogens is 228 g/mol. The Kier molecular flexibility index (Phi) is 3.67. The fourth-order valence-corrected chi connectivity index (χ4v) is 1.60. The normalized spacial score (nSPS) is 11.9. The van der Waals surface area contributed by atoms with Crippen molar-refractivity contribution in [3.63, 3.8) is 0 Å². The maximum atomic E-state index is 5.83. The molecular formula is C14H16N2O2. The topological polar surface area (TPSA) is 57.4 Å². The molecule has 4 nitrogen and oxygen atoms in total.